The number of rotatable bonds is 6. The molecule has 3 N–H and O–H groups in total. The Labute approximate surface area is 160 Å². The van der Waals surface area contributed by atoms with Gasteiger partial charge in [0.25, 0.3) is 5.69 Å². The van der Waals surface area contributed by atoms with Crippen molar-refractivity contribution in [1.82, 2.24) is 4.57 Å². The standard InChI is InChI=1S/C17H17ClN4O4S/c1-21-10-11(14-4-2-12(18)8-16(14)21)6-7-20-15-5-3-13(27(19,25)26)9-17(15)22(23)24/h2-5,8-10,20H,6-7H2,1H3,(H2,19,25,26). The summed E-state index contributed by atoms with van der Waals surface area (Å²) in [4.78, 5) is 10.3. The molecule has 1 heterocycles. The molecular weight excluding hydrogens is 392 g/mol. The number of aromatic nitrogens is 1. The summed E-state index contributed by atoms with van der Waals surface area (Å²) in [7, 11) is -2.09. The lowest BCUT2D eigenvalue weighted by molar-refractivity contribution is -0.384. The van der Waals surface area contributed by atoms with Gasteiger partial charge in [0.2, 0.25) is 10.0 Å². The number of primary sulfonamides is 1. The number of anilines is 1. The van der Waals surface area contributed by atoms with Crippen LogP contribution in [0.4, 0.5) is 11.4 Å². The maximum absolute atomic E-state index is 11.4. The monoisotopic (exact) mass is 408 g/mol. The van der Waals surface area contributed by atoms with Gasteiger partial charge in [-0.15, -0.1) is 0 Å². The van der Waals surface area contributed by atoms with Crippen LogP contribution >= 0.6 is 11.6 Å². The molecule has 0 fully saturated rings. The normalized spacial score (nSPS) is 11.7. The SMILES string of the molecule is Cn1cc(CCNc2ccc(S(N)(=O)=O)cc2[N+](=O)[O-])c2ccc(Cl)cc21. The Balaban J connectivity index is 1.81. The lowest BCUT2D eigenvalue weighted by Gasteiger charge is -2.08. The Hall–Kier alpha value is -2.62. The van der Waals surface area contributed by atoms with Crippen LogP contribution in [0.3, 0.4) is 0 Å². The van der Waals surface area contributed by atoms with Crippen molar-refractivity contribution in [1.29, 1.82) is 0 Å². The smallest absolute Gasteiger partial charge is 0.293 e. The van der Waals surface area contributed by atoms with Gasteiger partial charge in [-0.25, -0.2) is 13.6 Å². The third-order valence-corrected chi connectivity index (χ3v) is 5.39. The second kappa shape index (κ2) is 7.18. The molecular formula is C17H17ClN4O4S. The number of aryl methyl sites for hydroxylation is 1. The number of nitro groups is 1. The molecule has 0 spiro atoms. The van der Waals surface area contributed by atoms with E-state index in [1.54, 1.807) is 0 Å². The molecule has 3 rings (SSSR count). The molecule has 2 aromatic carbocycles. The van der Waals surface area contributed by atoms with Crippen molar-refractivity contribution in [2.75, 3.05) is 11.9 Å². The molecule has 8 nitrogen and oxygen atoms in total. The minimum atomic E-state index is -4.01. The zero-order valence-electron chi connectivity index (χ0n) is 14.3. The average Bonchev–Trinajstić information content (AvgIpc) is 2.89. The molecule has 0 atom stereocenters. The largest absolute Gasteiger partial charge is 0.379 e. The van der Waals surface area contributed by atoms with Crippen LogP contribution in [0, 0.1) is 10.1 Å². The number of nitro benzene ring substituents is 1. The first kappa shape index (κ1) is 19.2. The van der Waals surface area contributed by atoms with Gasteiger partial charge in [-0.2, -0.15) is 0 Å². The maximum atomic E-state index is 11.4. The molecule has 0 saturated carbocycles. The molecule has 3 aromatic rings. The maximum Gasteiger partial charge on any atom is 0.293 e. The lowest BCUT2D eigenvalue weighted by Crippen LogP contribution is -2.13. The summed E-state index contributed by atoms with van der Waals surface area (Å²) in [5, 5.41) is 21.0. The van der Waals surface area contributed by atoms with E-state index >= 15 is 0 Å². The summed E-state index contributed by atoms with van der Waals surface area (Å²) in [5.41, 5.74) is 1.96. The van der Waals surface area contributed by atoms with Crippen molar-refractivity contribution < 1.29 is 13.3 Å². The highest BCUT2D eigenvalue weighted by atomic mass is 35.5. The fourth-order valence-electron chi connectivity index (χ4n) is 2.96. The number of fused-ring (bicyclic) bond motifs is 1. The molecule has 0 amide bonds. The van der Waals surface area contributed by atoms with Crippen LogP contribution in [0.25, 0.3) is 10.9 Å². The van der Waals surface area contributed by atoms with Gasteiger partial charge in [-0.05, 0) is 36.2 Å². The van der Waals surface area contributed by atoms with E-state index in [4.69, 9.17) is 16.7 Å². The second-order valence-electron chi connectivity index (χ2n) is 6.08. The number of nitrogens with zero attached hydrogens (tertiary/aromatic N) is 2. The van der Waals surface area contributed by atoms with Crippen LogP contribution in [-0.4, -0.2) is 24.5 Å². The quantitative estimate of drug-likeness (QED) is 0.479. The van der Waals surface area contributed by atoms with Crippen LogP contribution in [0.5, 0.6) is 0 Å². The van der Waals surface area contributed by atoms with Gasteiger partial charge in [0, 0.05) is 41.8 Å². The highest BCUT2D eigenvalue weighted by Crippen LogP contribution is 2.28. The zero-order valence-corrected chi connectivity index (χ0v) is 15.9. The Morgan fingerprint density at radius 1 is 1.26 bits per heavy atom. The van der Waals surface area contributed by atoms with E-state index in [-0.39, 0.29) is 16.3 Å². The number of sulfonamides is 1. The summed E-state index contributed by atoms with van der Waals surface area (Å²) in [6.07, 6.45) is 2.61. The number of halogens is 1. The average molecular weight is 409 g/mol. The zero-order chi connectivity index (χ0) is 19.8. The molecule has 1 aromatic heterocycles. The van der Waals surface area contributed by atoms with E-state index in [1.807, 2.05) is 36.0 Å². The van der Waals surface area contributed by atoms with E-state index < -0.39 is 14.9 Å². The minimum Gasteiger partial charge on any atom is -0.379 e. The predicted octanol–water partition coefficient (Wildman–Crippen LogP) is 3.04. The van der Waals surface area contributed by atoms with Crippen molar-refractivity contribution in [3.63, 3.8) is 0 Å². The summed E-state index contributed by atoms with van der Waals surface area (Å²) < 4.78 is 24.8. The van der Waals surface area contributed by atoms with E-state index in [1.165, 1.54) is 12.1 Å². The number of hydrogen-bond acceptors (Lipinski definition) is 5. The highest BCUT2D eigenvalue weighted by Gasteiger charge is 2.19. The minimum absolute atomic E-state index is 0.232. The van der Waals surface area contributed by atoms with Gasteiger partial charge >= 0.3 is 0 Å². The Kier molecular flexibility index (Phi) is 5.09. The van der Waals surface area contributed by atoms with Gasteiger partial charge in [-0.3, -0.25) is 10.1 Å². The van der Waals surface area contributed by atoms with Gasteiger partial charge < -0.3 is 9.88 Å². The van der Waals surface area contributed by atoms with Gasteiger partial charge in [-0.1, -0.05) is 17.7 Å². The fraction of sp³-hybridized carbons (Fsp3) is 0.176. The van der Waals surface area contributed by atoms with Gasteiger partial charge in [0.1, 0.15) is 5.69 Å². The molecule has 0 aliphatic carbocycles. The van der Waals surface area contributed by atoms with Crippen molar-refractivity contribution >= 4 is 43.9 Å². The fourth-order valence-corrected chi connectivity index (χ4v) is 3.66. The first-order chi connectivity index (χ1) is 12.7. The molecule has 27 heavy (non-hydrogen) atoms. The topological polar surface area (TPSA) is 120 Å². The van der Waals surface area contributed by atoms with Crippen LogP contribution < -0.4 is 10.5 Å². The van der Waals surface area contributed by atoms with Crippen LogP contribution in [0.15, 0.2) is 47.5 Å². The third kappa shape index (κ3) is 4.05. The number of hydrogen-bond donors (Lipinski definition) is 2. The Morgan fingerprint density at radius 3 is 2.67 bits per heavy atom. The summed E-state index contributed by atoms with van der Waals surface area (Å²) in [6, 6.07) is 9.18. The third-order valence-electron chi connectivity index (χ3n) is 4.24. The molecule has 0 aliphatic rings. The van der Waals surface area contributed by atoms with Crippen LogP contribution in [0.2, 0.25) is 5.02 Å². The van der Waals surface area contributed by atoms with Crippen LogP contribution in [-0.2, 0) is 23.5 Å². The van der Waals surface area contributed by atoms with Crippen LogP contribution in [0.1, 0.15) is 5.56 Å². The molecule has 0 unspecified atom stereocenters. The van der Waals surface area contributed by atoms with Crippen molar-refractivity contribution in [2.24, 2.45) is 12.2 Å². The second-order valence-corrected chi connectivity index (χ2v) is 8.08. The number of nitrogens with two attached hydrogens (primary N) is 1. The summed E-state index contributed by atoms with van der Waals surface area (Å²) in [6.45, 7) is 0.428. The van der Waals surface area contributed by atoms with E-state index in [9.17, 15) is 18.5 Å². The van der Waals surface area contributed by atoms with Gasteiger partial charge in [0.05, 0.1) is 9.82 Å². The van der Waals surface area contributed by atoms with Crippen molar-refractivity contribution in [3.05, 3.63) is 63.3 Å². The number of benzene rings is 2. The molecule has 0 saturated heterocycles. The Bertz CT molecular complexity index is 1140. The molecule has 0 radical (unpaired) electrons. The molecule has 10 heteroatoms. The summed E-state index contributed by atoms with van der Waals surface area (Å²) in [5.74, 6) is 0. The van der Waals surface area contributed by atoms with Crippen molar-refractivity contribution in [2.45, 2.75) is 11.3 Å². The molecule has 0 aliphatic heterocycles. The van der Waals surface area contributed by atoms with E-state index in [0.29, 0.717) is 18.0 Å². The van der Waals surface area contributed by atoms with Crippen molar-refractivity contribution in [3.8, 4) is 0 Å². The molecule has 142 valence electrons. The van der Waals surface area contributed by atoms with E-state index in [0.717, 1.165) is 22.5 Å². The molecule has 0 bridgehead atoms. The summed E-state index contributed by atoms with van der Waals surface area (Å²) >= 11 is 6.03. The van der Waals surface area contributed by atoms with E-state index in [2.05, 4.69) is 5.32 Å². The first-order valence-electron chi connectivity index (χ1n) is 7.95. The first-order valence-corrected chi connectivity index (χ1v) is 9.88. The lowest BCUT2D eigenvalue weighted by atomic mass is 10.1. The Morgan fingerprint density at radius 2 is 2.00 bits per heavy atom. The number of nitrogens with one attached hydrogen (secondary N) is 1. The highest BCUT2D eigenvalue weighted by molar-refractivity contribution is 7.89. The van der Waals surface area contributed by atoms with Gasteiger partial charge in [0.15, 0.2) is 0 Å². The predicted molar refractivity (Wildman–Crippen MR) is 105 cm³/mol.